The highest BCUT2D eigenvalue weighted by Gasteiger charge is 1.98. The summed E-state index contributed by atoms with van der Waals surface area (Å²) in [6, 6.07) is 0.257. The fraction of sp³-hybridized carbons (Fsp3) is 0.727. The van der Waals surface area contributed by atoms with Crippen LogP contribution in [0.25, 0.3) is 0 Å². The monoisotopic (exact) mass is 196 g/mol. The van der Waals surface area contributed by atoms with E-state index in [0.717, 1.165) is 25.8 Å². The van der Waals surface area contributed by atoms with Crippen LogP contribution < -0.4 is 11.1 Å². The van der Waals surface area contributed by atoms with Gasteiger partial charge in [-0.1, -0.05) is 6.42 Å². The van der Waals surface area contributed by atoms with Gasteiger partial charge < -0.3 is 11.1 Å². The highest BCUT2D eigenvalue weighted by molar-refractivity contribution is 5.76. The zero-order valence-corrected chi connectivity index (χ0v) is 8.88. The molecule has 14 heavy (non-hydrogen) atoms. The van der Waals surface area contributed by atoms with E-state index in [1.54, 1.807) is 0 Å². The van der Waals surface area contributed by atoms with E-state index in [1.165, 1.54) is 0 Å². The van der Waals surface area contributed by atoms with Crippen molar-refractivity contribution < 1.29 is 4.79 Å². The molecule has 1 atom stereocenters. The minimum Gasteiger partial charge on any atom is -0.356 e. The lowest BCUT2D eigenvalue weighted by molar-refractivity contribution is -0.120. The maximum absolute atomic E-state index is 11.1. The fourth-order valence-corrected chi connectivity index (χ4v) is 1.09. The van der Waals surface area contributed by atoms with Crippen LogP contribution >= 0.6 is 0 Å². The first-order chi connectivity index (χ1) is 6.66. The van der Waals surface area contributed by atoms with Crippen molar-refractivity contribution in [1.82, 2.24) is 5.32 Å². The lowest BCUT2D eigenvalue weighted by atomic mass is 10.1. The van der Waals surface area contributed by atoms with Crippen LogP contribution in [0, 0.1) is 12.3 Å². The van der Waals surface area contributed by atoms with Crippen LogP contribution in [0.2, 0.25) is 0 Å². The lowest BCUT2D eigenvalue weighted by Crippen LogP contribution is -2.24. The SMILES string of the molecule is C#CCCC(=O)NCCCC[C@@H](C)N. The zero-order valence-electron chi connectivity index (χ0n) is 8.88. The Morgan fingerprint density at radius 2 is 2.29 bits per heavy atom. The molecule has 3 N–H and O–H groups in total. The molecule has 80 valence electrons. The fourth-order valence-electron chi connectivity index (χ4n) is 1.09. The Bertz CT molecular complexity index is 194. The minimum absolute atomic E-state index is 0.0451. The highest BCUT2D eigenvalue weighted by Crippen LogP contribution is 1.97. The average Bonchev–Trinajstić information content (AvgIpc) is 2.13. The third-order valence-corrected chi connectivity index (χ3v) is 1.90. The second-order valence-electron chi connectivity index (χ2n) is 3.53. The summed E-state index contributed by atoms with van der Waals surface area (Å²) in [6.07, 6.45) is 9.06. The summed E-state index contributed by atoms with van der Waals surface area (Å²) >= 11 is 0. The molecule has 3 heteroatoms. The number of rotatable bonds is 7. The van der Waals surface area contributed by atoms with Gasteiger partial charge >= 0.3 is 0 Å². The number of unbranched alkanes of at least 4 members (excludes halogenated alkanes) is 1. The van der Waals surface area contributed by atoms with Crippen molar-refractivity contribution in [3.8, 4) is 12.3 Å². The summed E-state index contributed by atoms with van der Waals surface area (Å²) in [5.41, 5.74) is 5.59. The molecule has 0 aliphatic rings. The Labute approximate surface area is 86.4 Å². The molecule has 0 aliphatic heterocycles. The molecule has 0 radical (unpaired) electrons. The lowest BCUT2D eigenvalue weighted by Gasteiger charge is -2.05. The summed E-state index contributed by atoms with van der Waals surface area (Å²) in [7, 11) is 0. The van der Waals surface area contributed by atoms with Gasteiger partial charge in [0.05, 0.1) is 0 Å². The molecule has 3 nitrogen and oxygen atoms in total. The standard InChI is InChI=1S/C11H20N2O/c1-3-4-8-11(14)13-9-6-5-7-10(2)12/h1,10H,4-9,12H2,2H3,(H,13,14)/t10-/m1/s1. The molecule has 0 aliphatic carbocycles. The Kier molecular flexibility index (Phi) is 7.96. The van der Waals surface area contributed by atoms with E-state index in [-0.39, 0.29) is 11.9 Å². The molecule has 0 unspecified atom stereocenters. The second-order valence-corrected chi connectivity index (χ2v) is 3.53. The van der Waals surface area contributed by atoms with E-state index in [2.05, 4.69) is 11.2 Å². The molecule has 0 saturated heterocycles. The molecular weight excluding hydrogens is 176 g/mol. The number of hydrogen-bond acceptors (Lipinski definition) is 2. The molecule has 0 aromatic heterocycles. The van der Waals surface area contributed by atoms with E-state index in [4.69, 9.17) is 12.2 Å². The predicted molar refractivity (Wildman–Crippen MR) is 58.6 cm³/mol. The van der Waals surface area contributed by atoms with Gasteiger partial charge in [0.1, 0.15) is 0 Å². The maximum atomic E-state index is 11.1. The van der Waals surface area contributed by atoms with Crippen molar-refractivity contribution >= 4 is 5.91 Å². The molecular formula is C11H20N2O. The summed E-state index contributed by atoms with van der Waals surface area (Å²) in [6.45, 7) is 2.72. The summed E-state index contributed by atoms with van der Waals surface area (Å²) in [5, 5.41) is 2.82. The van der Waals surface area contributed by atoms with Gasteiger partial charge in [0.15, 0.2) is 0 Å². The molecule has 0 rings (SSSR count). The van der Waals surface area contributed by atoms with Gasteiger partial charge in [0.2, 0.25) is 5.91 Å². The quantitative estimate of drug-likeness (QED) is 0.472. The van der Waals surface area contributed by atoms with Crippen LogP contribution in [0.5, 0.6) is 0 Å². The van der Waals surface area contributed by atoms with Gasteiger partial charge in [0, 0.05) is 25.4 Å². The molecule has 0 aromatic rings. The average molecular weight is 196 g/mol. The van der Waals surface area contributed by atoms with Crippen molar-refractivity contribution in [3.63, 3.8) is 0 Å². The molecule has 0 bridgehead atoms. The van der Waals surface area contributed by atoms with Gasteiger partial charge in [-0.2, -0.15) is 0 Å². The number of nitrogens with two attached hydrogens (primary N) is 1. The molecule has 0 heterocycles. The van der Waals surface area contributed by atoms with Gasteiger partial charge in [-0.25, -0.2) is 0 Å². The molecule has 0 aromatic carbocycles. The van der Waals surface area contributed by atoms with E-state index in [1.807, 2.05) is 6.92 Å². The normalized spacial score (nSPS) is 11.8. The number of hydrogen-bond donors (Lipinski definition) is 2. The predicted octanol–water partition coefficient (Wildman–Crippen LogP) is 1.03. The van der Waals surface area contributed by atoms with Crippen LogP contribution in [-0.2, 0) is 4.79 Å². The van der Waals surface area contributed by atoms with Gasteiger partial charge in [-0.15, -0.1) is 12.3 Å². The number of terminal acetylenes is 1. The van der Waals surface area contributed by atoms with E-state index < -0.39 is 0 Å². The van der Waals surface area contributed by atoms with Crippen LogP contribution in [0.15, 0.2) is 0 Å². The van der Waals surface area contributed by atoms with E-state index in [0.29, 0.717) is 12.8 Å². The Morgan fingerprint density at radius 3 is 2.86 bits per heavy atom. The Hall–Kier alpha value is -1.01. The third kappa shape index (κ3) is 9.08. The molecule has 0 fully saturated rings. The number of amides is 1. The van der Waals surface area contributed by atoms with Crippen molar-refractivity contribution in [3.05, 3.63) is 0 Å². The Balaban J connectivity index is 3.20. The second kappa shape index (κ2) is 8.58. The van der Waals surface area contributed by atoms with E-state index >= 15 is 0 Å². The number of carbonyl (C=O) groups is 1. The first-order valence-electron chi connectivity index (χ1n) is 5.12. The summed E-state index contributed by atoms with van der Waals surface area (Å²) in [4.78, 5) is 11.1. The number of nitrogens with one attached hydrogen (secondary N) is 1. The number of carbonyl (C=O) groups excluding carboxylic acids is 1. The minimum atomic E-state index is 0.0451. The highest BCUT2D eigenvalue weighted by atomic mass is 16.1. The largest absolute Gasteiger partial charge is 0.356 e. The van der Waals surface area contributed by atoms with Crippen LogP contribution in [0.4, 0.5) is 0 Å². The topological polar surface area (TPSA) is 55.1 Å². The van der Waals surface area contributed by atoms with Crippen LogP contribution in [0.1, 0.15) is 39.0 Å². The Morgan fingerprint density at radius 1 is 1.57 bits per heavy atom. The maximum Gasteiger partial charge on any atom is 0.220 e. The van der Waals surface area contributed by atoms with Gasteiger partial charge in [0.25, 0.3) is 0 Å². The first kappa shape index (κ1) is 13.0. The van der Waals surface area contributed by atoms with Crippen molar-refractivity contribution in [1.29, 1.82) is 0 Å². The molecule has 0 spiro atoms. The smallest absolute Gasteiger partial charge is 0.220 e. The molecule has 1 amide bonds. The van der Waals surface area contributed by atoms with Gasteiger partial charge in [-0.05, 0) is 19.8 Å². The van der Waals surface area contributed by atoms with Crippen molar-refractivity contribution in [2.24, 2.45) is 5.73 Å². The first-order valence-corrected chi connectivity index (χ1v) is 5.12. The van der Waals surface area contributed by atoms with Crippen LogP contribution in [-0.4, -0.2) is 18.5 Å². The summed E-state index contributed by atoms with van der Waals surface area (Å²) in [5.74, 6) is 2.48. The van der Waals surface area contributed by atoms with Crippen molar-refractivity contribution in [2.45, 2.75) is 45.1 Å². The summed E-state index contributed by atoms with van der Waals surface area (Å²) < 4.78 is 0. The van der Waals surface area contributed by atoms with Gasteiger partial charge in [-0.3, -0.25) is 4.79 Å². The zero-order chi connectivity index (χ0) is 10.8. The van der Waals surface area contributed by atoms with Crippen molar-refractivity contribution in [2.75, 3.05) is 6.54 Å². The molecule has 0 saturated carbocycles. The third-order valence-electron chi connectivity index (χ3n) is 1.90. The van der Waals surface area contributed by atoms with E-state index in [9.17, 15) is 4.79 Å². The van der Waals surface area contributed by atoms with Crippen LogP contribution in [0.3, 0.4) is 0 Å².